The van der Waals surface area contributed by atoms with E-state index in [1.807, 2.05) is 0 Å². The van der Waals surface area contributed by atoms with Crippen LogP contribution in [0.5, 0.6) is 5.75 Å². The van der Waals surface area contributed by atoms with Crippen LogP contribution in [-0.4, -0.2) is 18.0 Å². The minimum Gasteiger partial charge on any atom is -0.496 e. The predicted molar refractivity (Wildman–Crippen MR) is 67.4 cm³/mol. The van der Waals surface area contributed by atoms with E-state index in [4.69, 9.17) is 4.74 Å². The minimum atomic E-state index is -0.396. The molecule has 6 heteroatoms. The van der Waals surface area contributed by atoms with Gasteiger partial charge in [0.2, 0.25) is 5.91 Å². The van der Waals surface area contributed by atoms with Crippen LogP contribution in [0.1, 0.15) is 5.56 Å². The second-order valence-corrected chi connectivity index (χ2v) is 4.41. The molecule has 0 aliphatic rings. The van der Waals surface area contributed by atoms with E-state index < -0.39 is 5.82 Å². The van der Waals surface area contributed by atoms with E-state index in [-0.39, 0.29) is 12.3 Å². The molecule has 0 spiro atoms. The number of halogens is 1. The maximum absolute atomic E-state index is 13.1. The Morgan fingerprint density at radius 1 is 1.56 bits per heavy atom. The molecule has 1 N–H and O–H groups in total. The Morgan fingerprint density at radius 3 is 3.06 bits per heavy atom. The van der Waals surface area contributed by atoms with Gasteiger partial charge in [-0.3, -0.25) is 4.79 Å². The third kappa shape index (κ3) is 3.04. The molecule has 18 heavy (non-hydrogen) atoms. The number of rotatable bonds is 4. The van der Waals surface area contributed by atoms with Crippen LogP contribution in [0.25, 0.3) is 0 Å². The van der Waals surface area contributed by atoms with Crippen LogP contribution in [0.4, 0.5) is 9.52 Å². The van der Waals surface area contributed by atoms with Crippen molar-refractivity contribution in [3.63, 3.8) is 0 Å². The van der Waals surface area contributed by atoms with Crippen LogP contribution in [0, 0.1) is 5.82 Å². The van der Waals surface area contributed by atoms with Gasteiger partial charge in [-0.25, -0.2) is 9.37 Å². The molecule has 1 amide bonds. The van der Waals surface area contributed by atoms with Crippen molar-refractivity contribution in [3.8, 4) is 5.75 Å². The van der Waals surface area contributed by atoms with Crippen LogP contribution < -0.4 is 10.1 Å². The Bertz CT molecular complexity index is 543. The van der Waals surface area contributed by atoms with Crippen LogP contribution in [0.3, 0.4) is 0 Å². The highest BCUT2D eigenvalue weighted by Crippen LogP contribution is 2.20. The largest absolute Gasteiger partial charge is 0.496 e. The van der Waals surface area contributed by atoms with Gasteiger partial charge in [0.1, 0.15) is 11.6 Å². The zero-order chi connectivity index (χ0) is 13.0. The van der Waals surface area contributed by atoms with Crippen molar-refractivity contribution in [3.05, 3.63) is 41.2 Å². The molecule has 0 radical (unpaired) electrons. The van der Waals surface area contributed by atoms with E-state index in [1.54, 1.807) is 11.6 Å². The lowest BCUT2D eigenvalue weighted by Gasteiger charge is -2.08. The average Bonchev–Trinajstić information content (AvgIpc) is 2.82. The van der Waals surface area contributed by atoms with Gasteiger partial charge >= 0.3 is 0 Å². The van der Waals surface area contributed by atoms with Gasteiger partial charge in [-0.05, 0) is 18.2 Å². The summed E-state index contributed by atoms with van der Waals surface area (Å²) in [6, 6.07) is 4.09. The topological polar surface area (TPSA) is 51.2 Å². The van der Waals surface area contributed by atoms with E-state index in [2.05, 4.69) is 10.3 Å². The summed E-state index contributed by atoms with van der Waals surface area (Å²) in [5, 5.41) is 4.92. The number of carbonyl (C=O) groups excluding carboxylic acids is 1. The van der Waals surface area contributed by atoms with Crippen molar-refractivity contribution in [2.45, 2.75) is 6.42 Å². The summed E-state index contributed by atoms with van der Waals surface area (Å²) in [6.07, 6.45) is 1.64. The highest BCUT2D eigenvalue weighted by atomic mass is 32.1. The number of anilines is 1. The number of hydrogen-bond acceptors (Lipinski definition) is 4. The molecular weight excluding hydrogens is 255 g/mol. The van der Waals surface area contributed by atoms with Gasteiger partial charge in [0.05, 0.1) is 13.5 Å². The summed E-state index contributed by atoms with van der Waals surface area (Å²) in [4.78, 5) is 15.7. The number of benzene rings is 1. The number of thiazole rings is 1. The molecule has 0 atom stereocenters. The normalized spacial score (nSPS) is 10.1. The molecule has 0 saturated carbocycles. The Kier molecular flexibility index (Phi) is 3.88. The Labute approximate surface area is 107 Å². The fourth-order valence-corrected chi connectivity index (χ4v) is 2.05. The molecule has 94 valence electrons. The smallest absolute Gasteiger partial charge is 0.230 e. The summed E-state index contributed by atoms with van der Waals surface area (Å²) < 4.78 is 18.2. The molecule has 0 aliphatic heterocycles. The number of ether oxygens (including phenoxy) is 1. The standard InChI is InChI=1S/C12H11FN2O2S/c1-17-10-3-2-9(13)6-8(10)7-11(16)15-12-14-4-5-18-12/h2-6H,7H2,1H3,(H,14,15,16). The fourth-order valence-electron chi connectivity index (χ4n) is 1.51. The lowest BCUT2D eigenvalue weighted by atomic mass is 10.1. The highest BCUT2D eigenvalue weighted by molar-refractivity contribution is 7.13. The number of amides is 1. The lowest BCUT2D eigenvalue weighted by Crippen LogP contribution is -2.14. The van der Waals surface area contributed by atoms with E-state index in [9.17, 15) is 9.18 Å². The Hall–Kier alpha value is -1.95. The third-order valence-electron chi connectivity index (χ3n) is 2.27. The lowest BCUT2D eigenvalue weighted by molar-refractivity contribution is -0.115. The molecule has 2 rings (SSSR count). The monoisotopic (exact) mass is 266 g/mol. The second-order valence-electron chi connectivity index (χ2n) is 3.52. The molecule has 2 aromatic rings. The summed E-state index contributed by atoms with van der Waals surface area (Å²) in [7, 11) is 1.48. The number of aromatic nitrogens is 1. The minimum absolute atomic E-state index is 0.0422. The highest BCUT2D eigenvalue weighted by Gasteiger charge is 2.11. The molecule has 1 aromatic heterocycles. The van der Waals surface area contributed by atoms with Gasteiger partial charge in [-0.15, -0.1) is 11.3 Å². The molecular formula is C12H11FN2O2S. The summed E-state index contributed by atoms with van der Waals surface area (Å²) in [5.41, 5.74) is 0.506. The van der Waals surface area contributed by atoms with Crippen molar-refractivity contribution in [1.82, 2.24) is 4.98 Å². The number of nitrogens with zero attached hydrogens (tertiary/aromatic N) is 1. The predicted octanol–water partition coefficient (Wildman–Crippen LogP) is 2.47. The SMILES string of the molecule is COc1ccc(F)cc1CC(=O)Nc1nccs1. The second kappa shape index (κ2) is 5.59. The van der Waals surface area contributed by atoms with Gasteiger partial charge in [0.25, 0.3) is 0 Å². The maximum Gasteiger partial charge on any atom is 0.230 e. The van der Waals surface area contributed by atoms with E-state index >= 15 is 0 Å². The number of carbonyl (C=O) groups is 1. The van der Waals surface area contributed by atoms with Crippen LogP contribution in [0.2, 0.25) is 0 Å². The maximum atomic E-state index is 13.1. The van der Waals surface area contributed by atoms with Crippen molar-refractivity contribution in [2.24, 2.45) is 0 Å². The van der Waals surface area contributed by atoms with E-state index in [0.29, 0.717) is 16.4 Å². The van der Waals surface area contributed by atoms with E-state index in [1.165, 1.54) is 36.6 Å². The molecule has 0 bridgehead atoms. The van der Waals surface area contributed by atoms with Gasteiger partial charge in [0, 0.05) is 17.1 Å². The zero-order valence-electron chi connectivity index (χ0n) is 9.64. The van der Waals surface area contributed by atoms with Crippen molar-refractivity contribution < 1.29 is 13.9 Å². The number of hydrogen-bond donors (Lipinski definition) is 1. The third-order valence-corrected chi connectivity index (χ3v) is 2.96. The molecule has 0 saturated heterocycles. The summed E-state index contributed by atoms with van der Waals surface area (Å²) in [6.45, 7) is 0. The molecule has 4 nitrogen and oxygen atoms in total. The summed E-state index contributed by atoms with van der Waals surface area (Å²) >= 11 is 1.33. The molecule has 0 fully saturated rings. The molecule has 1 aromatic carbocycles. The fraction of sp³-hybridized carbons (Fsp3) is 0.167. The number of nitrogens with one attached hydrogen (secondary N) is 1. The van der Waals surface area contributed by atoms with Crippen molar-refractivity contribution in [2.75, 3.05) is 12.4 Å². The van der Waals surface area contributed by atoms with Crippen molar-refractivity contribution in [1.29, 1.82) is 0 Å². The first-order valence-corrected chi connectivity index (χ1v) is 6.09. The first kappa shape index (κ1) is 12.5. The Morgan fingerprint density at radius 2 is 2.39 bits per heavy atom. The van der Waals surface area contributed by atoms with Gasteiger partial charge in [-0.2, -0.15) is 0 Å². The molecule has 0 aliphatic carbocycles. The van der Waals surface area contributed by atoms with Crippen LogP contribution >= 0.6 is 11.3 Å². The quantitative estimate of drug-likeness (QED) is 0.925. The molecule has 0 unspecified atom stereocenters. The molecule has 1 heterocycles. The first-order valence-electron chi connectivity index (χ1n) is 5.21. The Balaban J connectivity index is 2.08. The van der Waals surface area contributed by atoms with Crippen LogP contribution in [0.15, 0.2) is 29.8 Å². The first-order chi connectivity index (χ1) is 8.69. The average molecular weight is 266 g/mol. The summed E-state index contributed by atoms with van der Waals surface area (Å²) in [5.74, 6) is -0.160. The van der Waals surface area contributed by atoms with Gasteiger partial charge < -0.3 is 10.1 Å². The van der Waals surface area contributed by atoms with E-state index in [0.717, 1.165) is 0 Å². The van der Waals surface area contributed by atoms with Crippen LogP contribution in [-0.2, 0) is 11.2 Å². The zero-order valence-corrected chi connectivity index (χ0v) is 10.5. The van der Waals surface area contributed by atoms with Gasteiger partial charge in [0.15, 0.2) is 5.13 Å². The number of methoxy groups -OCH3 is 1. The van der Waals surface area contributed by atoms with Gasteiger partial charge in [-0.1, -0.05) is 0 Å². The van der Waals surface area contributed by atoms with Crippen molar-refractivity contribution >= 4 is 22.4 Å².